The maximum Gasteiger partial charge on any atom is 0.390 e. The summed E-state index contributed by atoms with van der Waals surface area (Å²) in [4.78, 5) is 3.41. The van der Waals surface area contributed by atoms with Gasteiger partial charge in [0.25, 0.3) is 6.43 Å². The Kier molecular flexibility index (Phi) is 10.8. The first-order chi connectivity index (χ1) is 7.35. The van der Waals surface area contributed by atoms with E-state index in [2.05, 4.69) is 15.6 Å². The second-order valence-corrected chi connectivity index (χ2v) is 2.90. The average Bonchev–Trinajstić information content (AvgIpc) is 2.12. The van der Waals surface area contributed by atoms with Crippen molar-refractivity contribution in [2.75, 3.05) is 19.6 Å². The second-order valence-electron chi connectivity index (χ2n) is 2.90. The van der Waals surface area contributed by atoms with E-state index in [0.717, 1.165) is 0 Å². The fourth-order valence-corrected chi connectivity index (χ4v) is 0.825. The molecule has 0 unspecified atom stereocenters. The van der Waals surface area contributed by atoms with Gasteiger partial charge in [-0.25, -0.2) is 13.8 Å². The number of hydrogen-bond donors (Lipinski definition) is 2. The Morgan fingerprint density at radius 3 is 2.24 bits per heavy atom. The van der Waals surface area contributed by atoms with Gasteiger partial charge in [-0.15, -0.1) is 24.0 Å². The second kappa shape index (κ2) is 9.66. The Bertz CT molecular complexity index is 220. The third-order valence-electron chi connectivity index (χ3n) is 1.43. The minimum absolute atomic E-state index is 0. The standard InChI is InChI=1S/C8H14F5N3.HI/c1-2-14-7(16-5-6(9)10)15-4-3-8(11,12)13;/h6H,2-5H2,1H3,(H2,14,15,16);1H. The number of nitrogens with one attached hydrogen (secondary N) is 2. The summed E-state index contributed by atoms with van der Waals surface area (Å²) in [6.07, 6.45) is -7.92. The molecule has 17 heavy (non-hydrogen) atoms. The molecule has 0 spiro atoms. The highest BCUT2D eigenvalue weighted by molar-refractivity contribution is 14.0. The van der Waals surface area contributed by atoms with Crippen molar-refractivity contribution in [2.24, 2.45) is 4.99 Å². The van der Waals surface area contributed by atoms with Crippen molar-refractivity contribution >= 4 is 29.9 Å². The smallest absolute Gasteiger partial charge is 0.357 e. The largest absolute Gasteiger partial charge is 0.390 e. The lowest BCUT2D eigenvalue weighted by Crippen LogP contribution is -2.39. The van der Waals surface area contributed by atoms with Crippen LogP contribution < -0.4 is 10.6 Å². The van der Waals surface area contributed by atoms with Gasteiger partial charge in [0.05, 0.1) is 6.42 Å². The number of hydrogen-bond acceptors (Lipinski definition) is 1. The normalized spacial score (nSPS) is 12.3. The van der Waals surface area contributed by atoms with Crippen LogP contribution in [0.1, 0.15) is 13.3 Å². The van der Waals surface area contributed by atoms with Gasteiger partial charge in [-0.2, -0.15) is 13.2 Å². The van der Waals surface area contributed by atoms with E-state index >= 15 is 0 Å². The molecular weight excluding hydrogens is 360 g/mol. The van der Waals surface area contributed by atoms with Crippen LogP contribution >= 0.6 is 24.0 Å². The molecule has 0 heterocycles. The Morgan fingerprint density at radius 2 is 1.82 bits per heavy atom. The van der Waals surface area contributed by atoms with Gasteiger partial charge in [-0.1, -0.05) is 0 Å². The summed E-state index contributed by atoms with van der Waals surface area (Å²) in [5.41, 5.74) is 0. The van der Waals surface area contributed by atoms with E-state index in [1.165, 1.54) is 0 Å². The Labute approximate surface area is 113 Å². The van der Waals surface area contributed by atoms with Crippen LogP contribution in [0.25, 0.3) is 0 Å². The number of nitrogens with zero attached hydrogens (tertiary/aromatic N) is 1. The van der Waals surface area contributed by atoms with Crippen molar-refractivity contribution in [3.63, 3.8) is 0 Å². The molecule has 3 nitrogen and oxygen atoms in total. The molecule has 0 amide bonds. The molecule has 0 bridgehead atoms. The summed E-state index contributed by atoms with van der Waals surface area (Å²) in [6, 6.07) is 0. The molecule has 0 saturated heterocycles. The van der Waals surface area contributed by atoms with E-state index < -0.39 is 32.1 Å². The van der Waals surface area contributed by atoms with Crippen LogP contribution in [0.5, 0.6) is 0 Å². The van der Waals surface area contributed by atoms with Gasteiger partial charge < -0.3 is 10.6 Å². The van der Waals surface area contributed by atoms with E-state index in [1.807, 2.05) is 0 Å². The minimum atomic E-state index is -4.27. The van der Waals surface area contributed by atoms with Crippen molar-refractivity contribution in [3.05, 3.63) is 0 Å². The number of alkyl halides is 5. The highest BCUT2D eigenvalue weighted by Crippen LogP contribution is 2.17. The van der Waals surface area contributed by atoms with Crippen molar-refractivity contribution in [1.29, 1.82) is 0 Å². The lowest BCUT2D eigenvalue weighted by atomic mass is 10.4. The fourth-order valence-electron chi connectivity index (χ4n) is 0.825. The van der Waals surface area contributed by atoms with Crippen molar-refractivity contribution < 1.29 is 22.0 Å². The maximum atomic E-state index is 11.8. The molecule has 0 aliphatic heterocycles. The van der Waals surface area contributed by atoms with Gasteiger partial charge in [0.15, 0.2) is 5.96 Å². The van der Waals surface area contributed by atoms with E-state index in [9.17, 15) is 22.0 Å². The van der Waals surface area contributed by atoms with E-state index in [-0.39, 0.29) is 29.9 Å². The third kappa shape index (κ3) is 13.6. The first-order valence-corrected chi connectivity index (χ1v) is 4.72. The summed E-state index contributed by atoms with van der Waals surface area (Å²) in [6.45, 7) is 0.949. The van der Waals surface area contributed by atoms with Crippen LogP contribution in [0.3, 0.4) is 0 Å². The zero-order valence-corrected chi connectivity index (χ0v) is 11.5. The van der Waals surface area contributed by atoms with Crippen LogP contribution in [0.15, 0.2) is 4.99 Å². The summed E-state index contributed by atoms with van der Waals surface area (Å²) in [5, 5.41) is 4.88. The summed E-state index contributed by atoms with van der Waals surface area (Å²) >= 11 is 0. The number of guanidine groups is 1. The highest BCUT2D eigenvalue weighted by atomic mass is 127. The molecule has 0 radical (unpaired) electrons. The molecular formula is C8H15F5IN3. The zero-order valence-electron chi connectivity index (χ0n) is 9.15. The molecule has 9 heteroatoms. The fraction of sp³-hybridized carbons (Fsp3) is 0.875. The minimum Gasteiger partial charge on any atom is -0.357 e. The van der Waals surface area contributed by atoms with E-state index in [1.54, 1.807) is 6.92 Å². The number of halogens is 6. The van der Waals surface area contributed by atoms with E-state index in [4.69, 9.17) is 0 Å². The highest BCUT2D eigenvalue weighted by Gasteiger charge is 2.26. The van der Waals surface area contributed by atoms with Crippen molar-refractivity contribution in [3.8, 4) is 0 Å². The van der Waals surface area contributed by atoms with Crippen LogP contribution in [-0.4, -0.2) is 38.2 Å². The predicted molar refractivity (Wildman–Crippen MR) is 66.1 cm³/mol. The maximum absolute atomic E-state index is 11.8. The monoisotopic (exact) mass is 375 g/mol. The van der Waals surface area contributed by atoms with Crippen LogP contribution in [0.2, 0.25) is 0 Å². The summed E-state index contributed by atoms with van der Waals surface area (Å²) < 4.78 is 59.0. The first kappa shape index (κ1) is 19.0. The molecule has 0 atom stereocenters. The van der Waals surface area contributed by atoms with Crippen molar-refractivity contribution in [2.45, 2.75) is 25.9 Å². The molecule has 0 saturated carbocycles. The van der Waals surface area contributed by atoms with Gasteiger partial charge >= 0.3 is 6.18 Å². The van der Waals surface area contributed by atoms with Gasteiger partial charge in [-0.05, 0) is 6.92 Å². The Morgan fingerprint density at radius 1 is 1.24 bits per heavy atom. The van der Waals surface area contributed by atoms with Gasteiger partial charge in [0.2, 0.25) is 0 Å². The quantitative estimate of drug-likeness (QED) is 0.335. The molecule has 0 aliphatic rings. The van der Waals surface area contributed by atoms with Crippen LogP contribution in [0.4, 0.5) is 22.0 Å². The van der Waals surface area contributed by atoms with E-state index in [0.29, 0.717) is 6.54 Å². The molecule has 0 aromatic rings. The predicted octanol–water partition coefficient (Wildman–Crippen LogP) is 2.38. The third-order valence-corrected chi connectivity index (χ3v) is 1.43. The van der Waals surface area contributed by atoms with Gasteiger partial charge in [0, 0.05) is 13.1 Å². The lowest BCUT2D eigenvalue weighted by Gasteiger charge is -2.12. The molecule has 104 valence electrons. The number of aliphatic imine (C=N–C) groups is 1. The van der Waals surface area contributed by atoms with Crippen LogP contribution in [-0.2, 0) is 0 Å². The molecule has 0 fully saturated rings. The number of rotatable bonds is 5. The molecule has 2 N–H and O–H groups in total. The molecule has 0 rings (SSSR count). The van der Waals surface area contributed by atoms with Gasteiger partial charge in [-0.3, -0.25) is 0 Å². The van der Waals surface area contributed by atoms with Crippen LogP contribution in [0, 0.1) is 0 Å². The molecule has 0 aliphatic carbocycles. The summed E-state index contributed by atoms with van der Waals surface area (Å²) in [5.74, 6) is -0.0351. The molecule has 0 aromatic heterocycles. The zero-order chi connectivity index (χ0) is 12.6. The Hall–Kier alpha value is -0.350. The van der Waals surface area contributed by atoms with Gasteiger partial charge in [0.1, 0.15) is 6.54 Å². The SMILES string of the molecule is CCNC(=NCC(F)F)NCCC(F)(F)F.I. The summed E-state index contributed by atoms with van der Waals surface area (Å²) in [7, 11) is 0. The molecule has 0 aromatic carbocycles. The lowest BCUT2D eigenvalue weighted by molar-refractivity contribution is -0.132. The first-order valence-electron chi connectivity index (χ1n) is 4.72. The average molecular weight is 375 g/mol. The topological polar surface area (TPSA) is 36.4 Å². The Balaban J connectivity index is 0. The van der Waals surface area contributed by atoms with Crippen molar-refractivity contribution in [1.82, 2.24) is 10.6 Å².